The van der Waals surface area contributed by atoms with Crippen LogP contribution in [-0.4, -0.2) is 48.0 Å². The normalized spacial score (nSPS) is 16.7. The molecule has 2 N–H and O–H groups in total. The van der Waals surface area contributed by atoms with E-state index in [2.05, 4.69) is 32.4 Å². The van der Waals surface area contributed by atoms with Gasteiger partial charge in [-0.05, 0) is 50.1 Å². The zero-order valence-corrected chi connectivity index (χ0v) is 21.5. The summed E-state index contributed by atoms with van der Waals surface area (Å²) < 4.78 is 36.9. The lowest BCUT2D eigenvalue weighted by atomic mass is 10.1. The lowest BCUT2D eigenvalue weighted by molar-refractivity contribution is -0.114. The van der Waals surface area contributed by atoms with Crippen molar-refractivity contribution in [3.05, 3.63) is 53.1 Å². The molecular weight excluding hydrogens is 506 g/mol. The second kappa shape index (κ2) is 11.4. The molecule has 2 aromatic carbocycles. The number of halogens is 2. The molecule has 1 unspecified atom stereocenters. The highest BCUT2D eigenvalue weighted by Gasteiger charge is 2.21. The largest absolute Gasteiger partial charge is 0.366 e. The summed E-state index contributed by atoms with van der Waals surface area (Å²) >= 11 is 5.91. The van der Waals surface area contributed by atoms with Crippen LogP contribution in [0.15, 0.2) is 36.7 Å². The van der Waals surface area contributed by atoms with E-state index in [1.54, 1.807) is 19.1 Å². The van der Waals surface area contributed by atoms with Crippen LogP contribution >= 0.6 is 19.0 Å². The smallest absolute Gasteiger partial charge is 0.234 e. The van der Waals surface area contributed by atoms with Gasteiger partial charge in [0, 0.05) is 24.3 Å². The van der Waals surface area contributed by atoms with E-state index in [4.69, 9.17) is 20.9 Å². The van der Waals surface area contributed by atoms with Crippen LogP contribution in [-0.2, 0) is 18.6 Å². The Kier molecular flexibility index (Phi) is 8.22. The Balaban J connectivity index is 1.72. The highest BCUT2D eigenvalue weighted by molar-refractivity contribution is 7.59. The number of aromatic nitrogens is 2. The Morgan fingerprint density at radius 2 is 2.17 bits per heavy atom. The molecule has 36 heavy (non-hydrogen) atoms. The van der Waals surface area contributed by atoms with Gasteiger partial charge >= 0.3 is 0 Å². The van der Waals surface area contributed by atoms with Crippen molar-refractivity contribution in [2.24, 2.45) is 0 Å². The molecule has 8 nitrogen and oxygen atoms in total. The molecule has 188 valence electrons. The number of ether oxygens (including phenoxy) is 1. The van der Waals surface area contributed by atoms with E-state index in [1.807, 2.05) is 0 Å². The molecular formula is C25H25ClFN4O4P. The fourth-order valence-electron chi connectivity index (χ4n) is 3.74. The monoisotopic (exact) mass is 530 g/mol. The van der Waals surface area contributed by atoms with Gasteiger partial charge in [0.15, 0.2) is 0 Å². The molecule has 11 heteroatoms. The SMILES string of the molecule is CCOP(C)(=O)CC(=O)Nc1cc2c(Nc3ccc(F)c(Cl)c3)ncnc2cc1C#C[C@@H]1CCCO1. The number of nitrogens with zero attached hydrogens (tertiary/aromatic N) is 2. The summed E-state index contributed by atoms with van der Waals surface area (Å²) in [5.74, 6) is 5.62. The van der Waals surface area contributed by atoms with Crippen molar-refractivity contribution in [2.75, 3.05) is 36.7 Å². The molecule has 0 bridgehead atoms. The molecule has 4 rings (SSSR count). The highest BCUT2D eigenvalue weighted by Crippen LogP contribution is 2.42. The molecule has 1 fully saturated rings. The van der Waals surface area contributed by atoms with E-state index < -0.39 is 19.1 Å². The Morgan fingerprint density at radius 3 is 2.89 bits per heavy atom. The third-order valence-corrected chi connectivity index (χ3v) is 7.32. The molecule has 0 spiro atoms. The molecule has 0 saturated carbocycles. The van der Waals surface area contributed by atoms with Gasteiger partial charge in [0.2, 0.25) is 13.3 Å². The van der Waals surface area contributed by atoms with Crippen LogP contribution in [0.4, 0.5) is 21.6 Å². The lowest BCUT2D eigenvalue weighted by Gasteiger charge is -2.15. The van der Waals surface area contributed by atoms with Crippen LogP contribution in [0.1, 0.15) is 25.3 Å². The molecule has 1 saturated heterocycles. The summed E-state index contributed by atoms with van der Waals surface area (Å²) in [5.41, 5.74) is 2.04. The summed E-state index contributed by atoms with van der Waals surface area (Å²) in [6.07, 6.45) is 2.72. The molecule has 0 aliphatic carbocycles. The van der Waals surface area contributed by atoms with Crippen molar-refractivity contribution in [3.8, 4) is 11.8 Å². The first-order valence-corrected chi connectivity index (χ1v) is 14.0. The topological polar surface area (TPSA) is 102 Å². The first kappa shape index (κ1) is 26.1. The van der Waals surface area contributed by atoms with Crippen LogP contribution in [0.2, 0.25) is 5.02 Å². The van der Waals surface area contributed by atoms with Crippen molar-refractivity contribution < 1.29 is 23.0 Å². The minimum absolute atomic E-state index is 0.0312. The predicted molar refractivity (Wildman–Crippen MR) is 139 cm³/mol. The molecule has 1 aromatic heterocycles. The van der Waals surface area contributed by atoms with E-state index in [-0.39, 0.29) is 23.9 Å². The van der Waals surface area contributed by atoms with Crippen LogP contribution < -0.4 is 10.6 Å². The van der Waals surface area contributed by atoms with E-state index in [0.29, 0.717) is 40.3 Å². The van der Waals surface area contributed by atoms with Gasteiger partial charge in [-0.3, -0.25) is 9.36 Å². The van der Waals surface area contributed by atoms with Gasteiger partial charge in [-0.1, -0.05) is 23.4 Å². The third kappa shape index (κ3) is 6.59. The van der Waals surface area contributed by atoms with Gasteiger partial charge in [-0.15, -0.1) is 0 Å². The summed E-state index contributed by atoms with van der Waals surface area (Å²) in [6, 6.07) is 7.67. The minimum Gasteiger partial charge on any atom is -0.366 e. The molecule has 1 amide bonds. The van der Waals surface area contributed by atoms with Crippen molar-refractivity contribution in [1.82, 2.24) is 9.97 Å². The van der Waals surface area contributed by atoms with Crippen LogP contribution in [0.5, 0.6) is 0 Å². The van der Waals surface area contributed by atoms with Gasteiger partial charge in [0.25, 0.3) is 0 Å². The number of anilines is 3. The number of nitrogens with one attached hydrogen (secondary N) is 2. The van der Waals surface area contributed by atoms with E-state index in [9.17, 15) is 13.8 Å². The zero-order chi connectivity index (χ0) is 25.7. The molecule has 3 aromatic rings. The van der Waals surface area contributed by atoms with Crippen LogP contribution in [0, 0.1) is 17.7 Å². The minimum atomic E-state index is -3.09. The summed E-state index contributed by atoms with van der Waals surface area (Å²) in [4.78, 5) is 21.4. The van der Waals surface area contributed by atoms with Crippen LogP contribution in [0.3, 0.4) is 0 Å². The second-order valence-corrected chi connectivity index (χ2v) is 11.3. The van der Waals surface area contributed by atoms with Crippen molar-refractivity contribution in [3.63, 3.8) is 0 Å². The average molecular weight is 531 g/mol. The van der Waals surface area contributed by atoms with Gasteiger partial charge in [0.1, 0.15) is 30.2 Å². The van der Waals surface area contributed by atoms with E-state index in [0.717, 1.165) is 12.8 Å². The predicted octanol–water partition coefficient (Wildman–Crippen LogP) is 5.58. The van der Waals surface area contributed by atoms with E-state index in [1.165, 1.54) is 31.2 Å². The number of benzene rings is 2. The summed E-state index contributed by atoms with van der Waals surface area (Å²) in [6.45, 7) is 4.06. The number of hydrogen-bond donors (Lipinski definition) is 2. The Hall–Kier alpha value is -3.02. The first-order chi connectivity index (χ1) is 17.2. The molecule has 0 radical (unpaired) electrons. The summed E-state index contributed by atoms with van der Waals surface area (Å²) in [7, 11) is -3.09. The molecule has 2 heterocycles. The third-order valence-electron chi connectivity index (χ3n) is 5.36. The van der Waals surface area contributed by atoms with Crippen molar-refractivity contribution in [2.45, 2.75) is 25.9 Å². The number of carbonyl (C=O) groups excluding carboxylic acids is 1. The Labute approximate surface area is 213 Å². The maximum absolute atomic E-state index is 13.6. The fraction of sp³-hybridized carbons (Fsp3) is 0.320. The maximum atomic E-state index is 13.6. The summed E-state index contributed by atoms with van der Waals surface area (Å²) in [5, 5.41) is 6.48. The molecule has 2 atom stereocenters. The number of rotatable bonds is 7. The number of carbonyl (C=O) groups is 1. The number of amides is 1. The standard InChI is InChI=1S/C25H25ClFN4O4P/c1-3-35-36(2,33)14-24(32)31-22-13-19-23(11-16(22)6-8-18-5-4-10-34-18)28-15-29-25(19)30-17-7-9-21(27)20(26)12-17/h7,9,11-13,15,18H,3-5,10,14H2,1-2H3,(H,31,32)(H,28,29,30)/t18-,36?/m0/s1. The maximum Gasteiger partial charge on any atom is 0.234 e. The molecule has 1 aliphatic heterocycles. The van der Waals surface area contributed by atoms with Gasteiger partial charge < -0.3 is 19.9 Å². The van der Waals surface area contributed by atoms with Gasteiger partial charge in [-0.25, -0.2) is 14.4 Å². The average Bonchev–Trinajstić information content (AvgIpc) is 3.34. The van der Waals surface area contributed by atoms with Crippen LogP contribution in [0.25, 0.3) is 10.9 Å². The number of fused-ring (bicyclic) bond motifs is 1. The van der Waals surface area contributed by atoms with Gasteiger partial charge in [-0.2, -0.15) is 0 Å². The Bertz CT molecular complexity index is 1400. The quantitative estimate of drug-likeness (QED) is 0.304. The fourth-order valence-corrected chi connectivity index (χ4v) is 5.16. The lowest BCUT2D eigenvalue weighted by Crippen LogP contribution is -2.18. The van der Waals surface area contributed by atoms with E-state index >= 15 is 0 Å². The number of hydrogen-bond acceptors (Lipinski definition) is 7. The Morgan fingerprint density at radius 1 is 1.33 bits per heavy atom. The first-order valence-electron chi connectivity index (χ1n) is 11.4. The highest BCUT2D eigenvalue weighted by atomic mass is 35.5. The molecule has 1 aliphatic rings. The zero-order valence-electron chi connectivity index (χ0n) is 19.8. The van der Waals surface area contributed by atoms with Crippen molar-refractivity contribution >= 4 is 53.0 Å². The van der Waals surface area contributed by atoms with Crippen molar-refractivity contribution in [1.29, 1.82) is 0 Å². The second-order valence-electron chi connectivity index (χ2n) is 8.30. The van der Waals surface area contributed by atoms with Gasteiger partial charge in [0.05, 0.1) is 28.4 Å².